The molecule has 5 rings (SSSR count). The highest BCUT2D eigenvalue weighted by Crippen LogP contribution is 2.38. The van der Waals surface area contributed by atoms with Gasteiger partial charge in [-0.3, -0.25) is 0 Å². The largest absolute Gasteiger partial charge is 1.20 e. The lowest BCUT2D eigenvalue weighted by Gasteiger charge is -2.20. The molecule has 0 saturated carbocycles. The highest BCUT2D eigenvalue weighted by molar-refractivity contribution is 6.52. The molecule has 0 aromatic heterocycles. The van der Waals surface area contributed by atoms with E-state index in [2.05, 4.69) is 0 Å². The number of benzene rings is 1. The predicted molar refractivity (Wildman–Crippen MR) is 70.4 cm³/mol. The first kappa shape index (κ1) is 15.4. The molecule has 0 unspecified atom stereocenters. The van der Waals surface area contributed by atoms with E-state index in [1.54, 1.807) is 0 Å². The molecule has 4 aliphatic heterocycles. The Labute approximate surface area is 151 Å². The summed E-state index contributed by atoms with van der Waals surface area (Å²) in [5, 5.41) is 0. The maximum absolute atomic E-state index is 12.4. The van der Waals surface area contributed by atoms with Crippen LogP contribution in [0.2, 0.25) is 0 Å². The van der Waals surface area contributed by atoms with Crippen LogP contribution in [-0.4, -0.2) is 66.1 Å². The van der Waals surface area contributed by atoms with E-state index in [0.29, 0.717) is 0 Å². The Balaban J connectivity index is 2.05. The van der Waals surface area contributed by atoms with Crippen molar-refractivity contribution >= 4 is 66.1 Å². The Hall–Kier alpha value is -2.90. The Morgan fingerprint density at radius 2 is 0.500 bits per heavy atom. The van der Waals surface area contributed by atoms with Gasteiger partial charge in [0, 0.05) is 0 Å². The van der Waals surface area contributed by atoms with Crippen molar-refractivity contribution in [1.29, 1.82) is 0 Å². The molecule has 4 heterocycles. The van der Waals surface area contributed by atoms with E-state index < -0.39 is 99.5 Å². The van der Waals surface area contributed by atoms with Crippen molar-refractivity contribution in [3.8, 4) is 0 Å². The summed E-state index contributed by atoms with van der Waals surface area (Å²) in [5.74, 6) is -7.31. The minimum Gasteiger partial charge on any atom is -0.547 e. The number of carbonyl (C=O) groups excluding carboxylic acids is 6. The van der Waals surface area contributed by atoms with Crippen LogP contribution in [0.1, 0.15) is 62.1 Å². The number of hydrogen-bond donors (Lipinski definition) is 0. The zero-order chi connectivity index (χ0) is 18.3. The number of rotatable bonds is 0. The van der Waals surface area contributed by atoms with Crippen LogP contribution in [0.15, 0.2) is 0 Å². The summed E-state index contributed by atoms with van der Waals surface area (Å²) in [4.78, 5) is 74.3. The molecule has 1 aromatic carbocycles. The number of hydrogen-bond acceptors (Lipinski definition) is 12. The average molecular weight is 390 g/mol. The van der Waals surface area contributed by atoms with Crippen molar-refractivity contribution in [2.24, 2.45) is 0 Å². The molecule has 0 amide bonds. The van der Waals surface area contributed by atoms with Gasteiger partial charge in [-0.2, -0.15) is 0 Å². The first-order valence-corrected chi connectivity index (χ1v) is 9.69. The summed E-state index contributed by atoms with van der Waals surface area (Å²) < 4.78 is 28.9. The Bertz CT molecular complexity index is 884. The van der Waals surface area contributed by atoms with Gasteiger partial charge in [0.1, 0.15) is 0 Å². The molecule has 0 atom stereocenters. The molecule has 0 saturated heterocycles. The zero-order valence-electron chi connectivity index (χ0n) is 12.1. The van der Waals surface area contributed by atoms with Gasteiger partial charge in [-0.25, -0.2) is 28.8 Å². The van der Waals surface area contributed by atoms with Gasteiger partial charge in [0.25, 0.3) is 0 Å². The molecule has 1 aromatic rings. The van der Waals surface area contributed by atoms with Crippen LogP contribution in [0.5, 0.6) is 0 Å². The monoisotopic (exact) mass is 390 g/mol. The minimum atomic E-state index is -3.56. The molecular formula is C12Al2O12. The second-order valence-corrected chi connectivity index (χ2v) is 7.83. The Morgan fingerprint density at radius 3 is 0.654 bits per heavy atom. The fourth-order valence-electron chi connectivity index (χ4n) is 3.00. The molecular weight excluding hydrogens is 390 g/mol. The molecule has 4 aliphatic rings. The maximum Gasteiger partial charge on any atom is 1.20 e. The highest BCUT2D eigenvalue weighted by atomic mass is 27.3. The van der Waals surface area contributed by atoms with E-state index in [9.17, 15) is 28.8 Å². The smallest absolute Gasteiger partial charge is 0.547 e. The normalized spacial score (nSPS) is 19.4. The predicted octanol–water partition coefficient (Wildman–Crippen LogP) is -1.35. The molecule has 4 bridgehead atoms. The fourth-order valence-corrected chi connectivity index (χ4v) is 5.04. The Kier molecular flexibility index (Phi) is 2.86. The molecule has 0 spiro atoms. The lowest BCUT2D eigenvalue weighted by Crippen LogP contribution is -2.36. The maximum atomic E-state index is 12.4. The van der Waals surface area contributed by atoms with Gasteiger partial charge < -0.3 is 22.7 Å². The molecule has 126 valence electrons. The van der Waals surface area contributed by atoms with Crippen LogP contribution in [0.25, 0.3) is 0 Å². The molecule has 0 N–H and O–H groups in total. The van der Waals surface area contributed by atoms with E-state index in [-0.39, 0.29) is 0 Å². The summed E-state index contributed by atoms with van der Waals surface area (Å²) in [5.41, 5.74) is -4.26. The van der Waals surface area contributed by atoms with Crippen LogP contribution >= 0.6 is 0 Å². The summed E-state index contributed by atoms with van der Waals surface area (Å²) in [6.07, 6.45) is 0. The van der Waals surface area contributed by atoms with Crippen molar-refractivity contribution in [2.45, 2.75) is 0 Å². The van der Waals surface area contributed by atoms with Crippen LogP contribution in [0, 0.1) is 0 Å². The van der Waals surface area contributed by atoms with Crippen LogP contribution in [-0.2, 0) is 22.7 Å². The van der Waals surface area contributed by atoms with Gasteiger partial charge in [-0.15, -0.1) is 0 Å². The van der Waals surface area contributed by atoms with E-state index >= 15 is 0 Å². The molecule has 14 heteroatoms. The summed E-state index contributed by atoms with van der Waals surface area (Å²) in [6, 6.07) is 0. The summed E-state index contributed by atoms with van der Waals surface area (Å²) in [7, 11) is 0. The summed E-state index contributed by atoms with van der Waals surface area (Å²) >= 11 is -7.12. The van der Waals surface area contributed by atoms with Gasteiger partial charge in [-0.05, 0) is 0 Å². The van der Waals surface area contributed by atoms with Crippen LogP contribution < -0.4 is 0 Å². The first-order valence-electron chi connectivity index (χ1n) is 6.86. The van der Waals surface area contributed by atoms with Crippen molar-refractivity contribution in [1.82, 2.24) is 0 Å². The van der Waals surface area contributed by atoms with E-state index in [4.69, 9.17) is 22.7 Å². The number of fused-ring (bicyclic) bond motifs is 6. The van der Waals surface area contributed by atoms with E-state index in [0.717, 1.165) is 0 Å². The van der Waals surface area contributed by atoms with Gasteiger partial charge >= 0.3 is 66.1 Å². The Morgan fingerprint density at radius 1 is 0.346 bits per heavy atom. The third kappa shape index (κ3) is 1.79. The lowest BCUT2D eigenvalue weighted by molar-refractivity contribution is 0.0402. The highest BCUT2D eigenvalue weighted by Gasteiger charge is 2.62. The molecule has 0 aliphatic carbocycles. The topological polar surface area (TPSA) is 158 Å². The third-order valence-corrected chi connectivity index (χ3v) is 6.38. The quantitative estimate of drug-likeness (QED) is 0.480. The molecule has 26 heavy (non-hydrogen) atoms. The second-order valence-electron chi connectivity index (χ2n) is 5.26. The summed E-state index contributed by atoms with van der Waals surface area (Å²) in [6.45, 7) is 0. The standard InChI is InChI=1S/C12H6O12.2Al/c13-7(14)1-2(8(15)16)4(10(19)20)6(12(23)24)5(11(21)22)3(1)9(17)18;;/h(H,13,14)(H,15,16)(H,17,18)(H,19,20)(H,21,22)(H,23,24);;/q;2*+3/p-6. The average Bonchev–Trinajstić information content (AvgIpc) is 2.87. The SMILES string of the molecule is O=C1[O][Al]2[O]C(=O)c3c1c(c1c4c3C(=O)[O][Al]([O]C4=O)[O]C1=O)C(=O)[O]2. The fraction of sp³-hybridized carbons (Fsp3) is 0. The van der Waals surface area contributed by atoms with E-state index in [1.807, 2.05) is 0 Å². The van der Waals surface area contributed by atoms with Crippen LogP contribution in [0.4, 0.5) is 0 Å². The van der Waals surface area contributed by atoms with Crippen molar-refractivity contribution in [3.63, 3.8) is 0 Å². The van der Waals surface area contributed by atoms with Crippen molar-refractivity contribution in [3.05, 3.63) is 33.4 Å². The van der Waals surface area contributed by atoms with Gasteiger partial charge in [0.15, 0.2) is 0 Å². The minimum absolute atomic E-state index is 0.707. The van der Waals surface area contributed by atoms with E-state index in [1.165, 1.54) is 0 Å². The zero-order valence-corrected chi connectivity index (χ0v) is 14.4. The molecule has 0 fully saturated rings. The van der Waals surface area contributed by atoms with Crippen LogP contribution in [0.3, 0.4) is 0 Å². The third-order valence-electron chi connectivity index (χ3n) is 3.94. The van der Waals surface area contributed by atoms with Gasteiger partial charge in [-0.1, -0.05) is 0 Å². The van der Waals surface area contributed by atoms with Gasteiger partial charge in [0.2, 0.25) is 0 Å². The second kappa shape index (κ2) is 4.84. The van der Waals surface area contributed by atoms with Crippen molar-refractivity contribution < 1.29 is 51.5 Å². The first-order chi connectivity index (χ1) is 12.4. The van der Waals surface area contributed by atoms with Gasteiger partial charge in [0.05, 0.1) is 33.4 Å². The van der Waals surface area contributed by atoms with Crippen molar-refractivity contribution in [2.75, 3.05) is 0 Å². The molecule has 0 radical (unpaired) electrons. The molecule has 12 nitrogen and oxygen atoms in total. The lowest BCUT2D eigenvalue weighted by atomic mass is 9.86. The number of carbonyl (C=O) groups is 6.